The predicted octanol–water partition coefficient (Wildman–Crippen LogP) is 1.95. The standard InChI is InChI=1S/C12H14F3NO2/c1-7(17)5-6-16(2)12(18)8-3-4-9(13)11(15)10(8)14/h3-4,7,17H,5-6H2,1-2H3. The summed E-state index contributed by atoms with van der Waals surface area (Å²) in [5.41, 5.74) is -0.526. The van der Waals surface area contributed by atoms with Gasteiger partial charge in [0, 0.05) is 13.6 Å². The average Bonchev–Trinajstić information content (AvgIpc) is 2.32. The van der Waals surface area contributed by atoms with E-state index >= 15 is 0 Å². The fourth-order valence-electron chi connectivity index (χ4n) is 1.38. The zero-order valence-corrected chi connectivity index (χ0v) is 10.1. The Kier molecular flexibility index (Phi) is 4.72. The van der Waals surface area contributed by atoms with Crippen molar-refractivity contribution in [1.29, 1.82) is 0 Å². The molecule has 0 saturated heterocycles. The molecule has 0 spiro atoms. The van der Waals surface area contributed by atoms with Gasteiger partial charge >= 0.3 is 0 Å². The van der Waals surface area contributed by atoms with Crippen LogP contribution < -0.4 is 0 Å². The van der Waals surface area contributed by atoms with Crippen LogP contribution in [0.4, 0.5) is 13.2 Å². The van der Waals surface area contributed by atoms with Crippen molar-refractivity contribution in [2.45, 2.75) is 19.4 Å². The largest absolute Gasteiger partial charge is 0.393 e. The predicted molar refractivity (Wildman–Crippen MR) is 59.6 cm³/mol. The quantitative estimate of drug-likeness (QED) is 0.841. The minimum Gasteiger partial charge on any atom is -0.393 e. The summed E-state index contributed by atoms with van der Waals surface area (Å²) in [5, 5.41) is 9.07. The number of benzene rings is 1. The molecule has 1 amide bonds. The third-order valence-corrected chi connectivity index (χ3v) is 2.49. The smallest absolute Gasteiger partial charge is 0.256 e. The van der Waals surface area contributed by atoms with Gasteiger partial charge in [-0.1, -0.05) is 0 Å². The van der Waals surface area contributed by atoms with Crippen molar-refractivity contribution in [3.8, 4) is 0 Å². The molecule has 1 unspecified atom stereocenters. The highest BCUT2D eigenvalue weighted by Crippen LogP contribution is 2.16. The summed E-state index contributed by atoms with van der Waals surface area (Å²) >= 11 is 0. The van der Waals surface area contributed by atoms with Gasteiger partial charge in [0.05, 0.1) is 11.7 Å². The van der Waals surface area contributed by atoms with Gasteiger partial charge in [0.15, 0.2) is 17.5 Å². The van der Waals surface area contributed by atoms with Gasteiger partial charge in [0.25, 0.3) is 5.91 Å². The normalized spacial score (nSPS) is 12.3. The number of aliphatic hydroxyl groups is 1. The molecule has 1 rings (SSSR count). The molecule has 1 N–H and O–H groups in total. The van der Waals surface area contributed by atoms with E-state index in [1.165, 1.54) is 7.05 Å². The van der Waals surface area contributed by atoms with E-state index in [4.69, 9.17) is 5.11 Å². The van der Waals surface area contributed by atoms with Gasteiger partial charge in [-0.25, -0.2) is 13.2 Å². The van der Waals surface area contributed by atoms with Crippen LogP contribution in [0.25, 0.3) is 0 Å². The van der Waals surface area contributed by atoms with E-state index in [-0.39, 0.29) is 6.54 Å². The van der Waals surface area contributed by atoms with E-state index in [2.05, 4.69) is 0 Å². The lowest BCUT2D eigenvalue weighted by molar-refractivity contribution is 0.0763. The zero-order chi connectivity index (χ0) is 13.9. The molecule has 1 atom stereocenters. The van der Waals surface area contributed by atoms with Crippen LogP contribution in [0.3, 0.4) is 0 Å². The van der Waals surface area contributed by atoms with Crippen molar-refractivity contribution in [3.63, 3.8) is 0 Å². The lowest BCUT2D eigenvalue weighted by Crippen LogP contribution is -2.30. The maximum Gasteiger partial charge on any atom is 0.256 e. The van der Waals surface area contributed by atoms with E-state index in [1.807, 2.05) is 0 Å². The molecule has 3 nitrogen and oxygen atoms in total. The lowest BCUT2D eigenvalue weighted by atomic mass is 10.1. The summed E-state index contributed by atoms with van der Waals surface area (Å²) in [7, 11) is 1.39. The molecule has 0 aliphatic rings. The molecule has 100 valence electrons. The van der Waals surface area contributed by atoms with Crippen molar-refractivity contribution in [1.82, 2.24) is 4.90 Å². The summed E-state index contributed by atoms with van der Waals surface area (Å²) in [4.78, 5) is 12.9. The Hall–Kier alpha value is -1.56. The highest BCUT2D eigenvalue weighted by atomic mass is 19.2. The second-order valence-electron chi connectivity index (χ2n) is 4.09. The number of carbonyl (C=O) groups is 1. The number of aliphatic hydroxyl groups excluding tert-OH is 1. The Bertz CT molecular complexity index is 449. The molecular formula is C12H14F3NO2. The van der Waals surface area contributed by atoms with Gasteiger partial charge in [-0.2, -0.15) is 0 Å². The first-order valence-electron chi connectivity index (χ1n) is 5.41. The number of nitrogens with zero attached hydrogens (tertiary/aromatic N) is 1. The van der Waals surface area contributed by atoms with Crippen LogP contribution in [-0.2, 0) is 0 Å². The number of rotatable bonds is 4. The summed E-state index contributed by atoms with van der Waals surface area (Å²) < 4.78 is 39.0. The number of hydrogen-bond acceptors (Lipinski definition) is 2. The molecule has 18 heavy (non-hydrogen) atoms. The number of halogens is 3. The van der Waals surface area contributed by atoms with E-state index in [0.29, 0.717) is 12.5 Å². The Morgan fingerprint density at radius 3 is 2.50 bits per heavy atom. The highest BCUT2D eigenvalue weighted by molar-refractivity contribution is 5.94. The fourth-order valence-corrected chi connectivity index (χ4v) is 1.38. The molecule has 0 fully saturated rings. The van der Waals surface area contributed by atoms with Gasteiger partial charge in [0.2, 0.25) is 0 Å². The van der Waals surface area contributed by atoms with Crippen molar-refractivity contribution < 1.29 is 23.1 Å². The maximum atomic E-state index is 13.4. The minimum absolute atomic E-state index is 0.189. The molecule has 0 radical (unpaired) electrons. The van der Waals surface area contributed by atoms with Crippen LogP contribution in [0.2, 0.25) is 0 Å². The first kappa shape index (κ1) is 14.5. The Morgan fingerprint density at radius 2 is 1.94 bits per heavy atom. The van der Waals surface area contributed by atoms with E-state index in [1.54, 1.807) is 6.92 Å². The lowest BCUT2D eigenvalue weighted by Gasteiger charge is -2.18. The second-order valence-corrected chi connectivity index (χ2v) is 4.09. The molecule has 0 aliphatic carbocycles. The first-order chi connectivity index (χ1) is 8.34. The van der Waals surface area contributed by atoms with Crippen LogP contribution in [0.15, 0.2) is 12.1 Å². The number of hydrogen-bond donors (Lipinski definition) is 1. The van der Waals surface area contributed by atoms with Crippen LogP contribution in [0.1, 0.15) is 23.7 Å². The summed E-state index contributed by atoms with van der Waals surface area (Å²) in [6.45, 7) is 1.74. The summed E-state index contributed by atoms with van der Waals surface area (Å²) in [6, 6.07) is 1.60. The molecule has 0 heterocycles. The highest BCUT2D eigenvalue weighted by Gasteiger charge is 2.21. The molecule has 1 aromatic rings. The van der Waals surface area contributed by atoms with Gasteiger partial charge in [0.1, 0.15) is 0 Å². The van der Waals surface area contributed by atoms with Crippen molar-refractivity contribution >= 4 is 5.91 Å². The van der Waals surface area contributed by atoms with Crippen LogP contribution in [-0.4, -0.2) is 35.6 Å². The van der Waals surface area contributed by atoms with Crippen LogP contribution in [0.5, 0.6) is 0 Å². The summed E-state index contributed by atoms with van der Waals surface area (Å²) in [6.07, 6.45) is -0.289. The minimum atomic E-state index is -1.66. The number of amides is 1. The summed E-state index contributed by atoms with van der Waals surface area (Å²) in [5.74, 6) is -5.25. The third kappa shape index (κ3) is 3.22. The van der Waals surface area contributed by atoms with E-state index in [0.717, 1.165) is 11.0 Å². The molecule has 6 heteroatoms. The van der Waals surface area contributed by atoms with Crippen molar-refractivity contribution in [2.75, 3.05) is 13.6 Å². The first-order valence-corrected chi connectivity index (χ1v) is 5.41. The molecular weight excluding hydrogens is 247 g/mol. The van der Waals surface area contributed by atoms with Gasteiger partial charge in [-0.3, -0.25) is 4.79 Å². The van der Waals surface area contributed by atoms with Crippen LogP contribution in [0, 0.1) is 17.5 Å². The van der Waals surface area contributed by atoms with E-state index < -0.39 is 35.0 Å². The second kappa shape index (κ2) is 5.86. The Labute approximate surface area is 103 Å². The molecule has 1 aromatic carbocycles. The monoisotopic (exact) mass is 261 g/mol. The van der Waals surface area contributed by atoms with Gasteiger partial charge < -0.3 is 10.0 Å². The average molecular weight is 261 g/mol. The van der Waals surface area contributed by atoms with Crippen LogP contribution >= 0.6 is 0 Å². The maximum absolute atomic E-state index is 13.4. The van der Waals surface area contributed by atoms with Gasteiger partial charge in [-0.15, -0.1) is 0 Å². The van der Waals surface area contributed by atoms with Crippen molar-refractivity contribution in [2.24, 2.45) is 0 Å². The third-order valence-electron chi connectivity index (χ3n) is 2.49. The molecule has 0 saturated carbocycles. The Morgan fingerprint density at radius 1 is 1.33 bits per heavy atom. The molecule has 0 aromatic heterocycles. The fraction of sp³-hybridized carbons (Fsp3) is 0.417. The topological polar surface area (TPSA) is 40.5 Å². The number of carbonyl (C=O) groups excluding carboxylic acids is 1. The molecule has 0 aliphatic heterocycles. The zero-order valence-electron chi connectivity index (χ0n) is 10.1. The van der Waals surface area contributed by atoms with Gasteiger partial charge in [-0.05, 0) is 25.5 Å². The Balaban J connectivity index is 2.87. The SMILES string of the molecule is CC(O)CCN(C)C(=O)c1ccc(F)c(F)c1F. The van der Waals surface area contributed by atoms with E-state index in [9.17, 15) is 18.0 Å². The van der Waals surface area contributed by atoms with Crippen molar-refractivity contribution in [3.05, 3.63) is 35.1 Å². The molecule has 0 bridgehead atoms.